The van der Waals surface area contributed by atoms with Crippen LogP contribution in [-0.2, 0) is 4.74 Å². The van der Waals surface area contributed by atoms with Crippen LogP contribution in [0.1, 0.15) is 19.8 Å². The van der Waals surface area contributed by atoms with Crippen LogP contribution in [0, 0.1) is 0 Å². The molecule has 1 saturated heterocycles. The van der Waals surface area contributed by atoms with Crippen LogP contribution in [0.5, 0.6) is 0 Å². The highest BCUT2D eigenvalue weighted by Crippen LogP contribution is 2.20. The number of anilines is 2. The van der Waals surface area contributed by atoms with Crippen molar-refractivity contribution < 1.29 is 4.74 Å². The number of aromatic nitrogens is 1. The number of pyridine rings is 1. The zero-order chi connectivity index (χ0) is 12.1. The zero-order valence-electron chi connectivity index (χ0n) is 10.6. The van der Waals surface area contributed by atoms with E-state index in [0.717, 1.165) is 37.8 Å². The Morgan fingerprint density at radius 2 is 2.41 bits per heavy atom. The molecule has 94 valence electrons. The van der Waals surface area contributed by atoms with Crippen molar-refractivity contribution in [2.75, 3.05) is 37.0 Å². The Morgan fingerprint density at radius 3 is 3.18 bits per heavy atom. The van der Waals surface area contributed by atoms with Gasteiger partial charge >= 0.3 is 0 Å². The largest absolute Gasteiger partial charge is 0.377 e. The molecule has 0 radical (unpaired) electrons. The molecule has 2 heterocycles. The lowest BCUT2D eigenvalue weighted by Crippen LogP contribution is -2.40. The quantitative estimate of drug-likeness (QED) is 0.867. The highest BCUT2D eigenvalue weighted by molar-refractivity contribution is 5.47. The van der Waals surface area contributed by atoms with Crippen LogP contribution in [0.25, 0.3) is 0 Å². The van der Waals surface area contributed by atoms with Crippen LogP contribution in [0.15, 0.2) is 18.2 Å². The fourth-order valence-electron chi connectivity index (χ4n) is 2.26. The van der Waals surface area contributed by atoms with Gasteiger partial charge in [0.2, 0.25) is 0 Å². The first-order valence-corrected chi connectivity index (χ1v) is 6.35. The zero-order valence-corrected chi connectivity index (χ0v) is 10.6. The highest BCUT2D eigenvalue weighted by Gasteiger charge is 2.20. The third kappa shape index (κ3) is 3.09. The Balaban J connectivity index is 2.05. The molecule has 17 heavy (non-hydrogen) atoms. The van der Waals surface area contributed by atoms with E-state index in [2.05, 4.69) is 28.2 Å². The summed E-state index contributed by atoms with van der Waals surface area (Å²) in [4.78, 5) is 6.88. The Kier molecular flexibility index (Phi) is 4.20. The van der Waals surface area contributed by atoms with Crippen LogP contribution in [0.2, 0.25) is 0 Å². The van der Waals surface area contributed by atoms with E-state index in [4.69, 9.17) is 4.74 Å². The molecule has 0 saturated carbocycles. The summed E-state index contributed by atoms with van der Waals surface area (Å²) >= 11 is 0. The van der Waals surface area contributed by atoms with E-state index in [1.165, 1.54) is 6.42 Å². The van der Waals surface area contributed by atoms with Crippen molar-refractivity contribution in [3.63, 3.8) is 0 Å². The summed E-state index contributed by atoms with van der Waals surface area (Å²) in [5.41, 5.74) is 0. The summed E-state index contributed by atoms with van der Waals surface area (Å²) in [6.45, 7) is 4.87. The lowest BCUT2D eigenvalue weighted by atomic mass is 10.1. The van der Waals surface area contributed by atoms with Gasteiger partial charge in [-0.3, -0.25) is 0 Å². The van der Waals surface area contributed by atoms with Crippen molar-refractivity contribution in [3.8, 4) is 0 Å². The second-order valence-corrected chi connectivity index (χ2v) is 4.30. The fourth-order valence-corrected chi connectivity index (χ4v) is 2.26. The van der Waals surface area contributed by atoms with E-state index in [-0.39, 0.29) is 0 Å². The minimum Gasteiger partial charge on any atom is -0.377 e. The van der Waals surface area contributed by atoms with Crippen LogP contribution in [0.3, 0.4) is 0 Å². The molecule has 0 amide bonds. The Labute approximate surface area is 103 Å². The molecule has 4 heteroatoms. The normalized spacial score (nSPS) is 20.4. The third-order valence-corrected chi connectivity index (χ3v) is 3.10. The molecule has 0 aliphatic carbocycles. The van der Waals surface area contributed by atoms with Gasteiger partial charge < -0.3 is 15.0 Å². The van der Waals surface area contributed by atoms with Crippen LogP contribution < -0.4 is 10.2 Å². The molecule has 0 aromatic carbocycles. The summed E-state index contributed by atoms with van der Waals surface area (Å²) in [7, 11) is 1.89. The first-order chi connectivity index (χ1) is 8.33. The van der Waals surface area contributed by atoms with Gasteiger partial charge in [-0.05, 0) is 31.9 Å². The maximum Gasteiger partial charge on any atom is 0.131 e. The average molecular weight is 235 g/mol. The Morgan fingerprint density at radius 1 is 1.53 bits per heavy atom. The third-order valence-electron chi connectivity index (χ3n) is 3.10. The second-order valence-electron chi connectivity index (χ2n) is 4.30. The Bertz CT molecular complexity index is 354. The van der Waals surface area contributed by atoms with Gasteiger partial charge in [-0.2, -0.15) is 0 Å². The van der Waals surface area contributed by atoms with Gasteiger partial charge in [0.05, 0.1) is 6.10 Å². The number of piperidine rings is 1. The maximum absolute atomic E-state index is 5.71. The van der Waals surface area contributed by atoms with E-state index in [1.54, 1.807) is 0 Å². The monoisotopic (exact) mass is 235 g/mol. The highest BCUT2D eigenvalue weighted by atomic mass is 16.5. The summed E-state index contributed by atoms with van der Waals surface area (Å²) < 4.78 is 5.71. The SMILES string of the molecule is CCOC1CCCN(c2cccc(NC)n2)C1. The van der Waals surface area contributed by atoms with Gasteiger partial charge in [-0.15, -0.1) is 0 Å². The summed E-state index contributed by atoms with van der Waals surface area (Å²) in [5, 5.41) is 3.07. The van der Waals surface area contributed by atoms with Gasteiger partial charge in [0.15, 0.2) is 0 Å². The first kappa shape index (κ1) is 12.2. The first-order valence-electron chi connectivity index (χ1n) is 6.35. The molecule has 4 nitrogen and oxygen atoms in total. The molecular formula is C13H21N3O. The van der Waals surface area contributed by atoms with E-state index >= 15 is 0 Å². The molecule has 1 aliphatic heterocycles. The summed E-state index contributed by atoms with van der Waals surface area (Å²) in [6.07, 6.45) is 2.69. The minimum absolute atomic E-state index is 0.355. The average Bonchev–Trinajstić information content (AvgIpc) is 2.40. The molecule has 1 fully saturated rings. The maximum atomic E-state index is 5.71. The van der Waals surface area contributed by atoms with Crippen molar-refractivity contribution in [1.29, 1.82) is 0 Å². The van der Waals surface area contributed by atoms with Crippen molar-refractivity contribution in [3.05, 3.63) is 18.2 Å². The van der Waals surface area contributed by atoms with Gasteiger partial charge in [-0.1, -0.05) is 6.07 Å². The van der Waals surface area contributed by atoms with Crippen molar-refractivity contribution >= 4 is 11.6 Å². The molecule has 1 aromatic rings. The molecule has 2 rings (SSSR count). The molecule has 1 unspecified atom stereocenters. The fraction of sp³-hybridized carbons (Fsp3) is 0.615. The number of nitrogens with one attached hydrogen (secondary N) is 1. The van der Waals surface area contributed by atoms with Crippen LogP contribution >= 0.6 is 0 Å². The number of hydrogen-bond acceptors (Lipinski definition) is 4. The number of hydrogen-bond donors (Lipinski definition) is 1. The summed E-state index contributed by atoms with van der Waals surface area (Å²) in [5.74, 6) is 1.96. The molecule has 0 bridgehead atoms. The smallest absolute Gasteiger partial charge is 0.131 e. The molecule has 1 aliphatic rings. The van der Waals surface area contributed by atoms with E-state index < -0.39 is 0 Å². The molecule has 0 spiro atoms. The lowest BCUT2D eigenvalue weighted by molar-refractivity contribution is 0.0525. The van der Waals surface area contributed by atoms with E-state index in [9.17, 15) is 0 Å². The van der Waals surface area contributed by atoms with Crippen molar-refractivity contribution in [1.82, 2.24) is 4.98 Å². The van der Waals surface area contributed by atoms with Gasteiger partial charge in [0.1, 0.15) is 11.6 Å². The standard InChI is InChI=1S/C13H21N3O/c1-3-17-11-6-5-9-16(10-11)13-8-4-7-12(14-2)15-13/h4,7-8,11H,3,5-6,9-10H2,1-2H3,(H,14,15). The second kappa shape index (κ2) is 5.87. The molecule has 1 N–H and O–H groups in total. The number of nitrogens with zero attached hydrogens (tertiary/aromatic N) is 2. The molecule has 1 aromatic heterocycles. The van der Waals surface area contributed by atoms with Crippen molar-refractivity contribution in [2.45, 2.75) is 25.9 Å². The summed E-state index contributed by atoms with van der Waals surface area (Å²) in [6, 6.07) is 6.08. The van der Waals surface area contributed by atoms with Gasteiger partial charge in [0.25, 0.3) is 0 Å². The lowest BCUT2D eigenvalue weighted by Gasteiger charge is -2.33. The van der Waals surface area contributed by atoms with Crippen molar-refractivity contribution in [2.24, 2.45) is 0 Å². The van der Waals surface area contributed by atoms with E-state index in [0.29, 0.717) is 6.10 Å². The van der Waals surface area contributed by atoms with Crippen LogP contribution in [0.4, 0.5) is 11.6 Å². The predicted molar refractivity (Wildman–Crippen MR) is 70.6 cm³/mol. The van der Waals surface area contributed by atoms with Gasteiger partial charge in [0, 0.05) is 26.7 Å². The number of rotatable bonds is 4. The molecular weight excluding hydrogens is 214 g/mol. The van der Waals surface area contributed by atoms with Crippen LogP contribution in [-0.4, -0.2) is 37.8 Å². The molecule has 1 atom stereocenters. The minimum atomic E-state index is 0.355. The van der Waals surface area contributed by atoms with E-state index in [1.807, 2.05) is 19.2 Å². The predicted octanol–water partition coefficient (Wildman–Crippen LogP) is 2.13. The van der Waals surface area contributed by atoms with Gasteiger partial charge in [-0.25, -0.2) is 4.98 Å². The topological polar surface area (TPSA) is 37.4 Å². The Hall–Kier alpha value is -1.29. The number of ether oxygens (including phenoxy) is 1.